The van der Waals surface area contributed by atoms with E-state index in [9.17, 15) is 4.39 Å². The maximum absolute atomic E-state index is 13.1. The van der Waals surface area contributed by atoms with Crippen LogP contribution < -0.4 is 15.2 Å². The number of hydrogen-bond acceptors (Lipinski definition) is 3. The predicted molar refractivity (Wildman–Crippen MR) is 79.3 cm³/mol. The second kappa shape index (κ2) is 6.72. The molecular weight excluding hydrogens is 325 g/mol. The molecule has 0 bridgehead atoms. The molecule has 5 heteroatoms. The van der Waals surface area contributed by atoms with E-state index < -0.39 is 0 Å². The van der Waals surface area contributed by atoms with Crippen LogP contribution in [-0.2, 0) is 13.2 Å². The van der Waals surface area contributed by atoms with Gasteiger partial charge in [0.25, 0.3) is 0 Å². The average Bonchev–Trinajstić information content (AvgIpc) is 2.48. The van der Waals surface area contributed by atoms with Crippen LogP contribution in [0, 0.1) is 5.82 Å². The summed E-state index contributed by atoms with van der Waals surface area (Å²) in [6.45, 7) is 0.786. The van der Waals surface area contributed by atoms with Gasteiger partial charge >= 0.3 is 0 Å². The van der Waals surface area contributed by atoms with Crippen molar-refractivity contribution in [3.63, 3.8) is 0 Å². The highest BCUT2D eigenvalue weighted by atomic mass is 79.9. The van der Waals surface area contributed by atoms with E-state index in [1.165, 1.54) is 6.07 Å². The van der Waals surface area contributed by atoms with E-state index >= 15 is 0 Å². The first-order chi connectivity index (χ1) is 9.63. The van der Waals surface area contributed by atoms with Crippen molar-refractivity contribution in [2.45, 2.75) is 13.2 Å². The second-order valence-electron chi connectivity index (χ2n) is 4.21. The molecule has 2 aromatic carbocycles. The Bertz CT molecular complexity index is 604. The van der Waals surface area contributed by atoms with Crippen LogP contribution in [0.3, 0.4) is 0 Å². The fourth-order valence-corrected chi connectivity index (χ4v) is 2.16. The number of benzene rings is 2. The number of rotatable bonds is 5. The second-order valence-corrected chi connectivity index (χ2v) is 5.07. The van der Waals surface area contributed by atoms with E-state index in [1.54, 1.807) is 19.2 Å². The summed E-state index contributed by atoms with van der Waals surface area (Å²) in [4.78, 5) is 0. The monoisotopic (exact) mass is 339 g/mol. The Morgan fingerprint density at radius 1 is 1.20 bits per heavy atom. The van der Waals surface area contributed by atoms with Gasteiger partial charge in [-0.05, 0) is 51.8 Å². The lowest BCUT2D eigenvalue weighted by molar-refractivity contribution is 0.296. The van der Waals surface area contributed by atoms with Crippen molar-refractivity contribution in [1.29, 1.82) is 0 Å². The summed E-state index contributed by atoms with van der Waals surface area (Å²) in [7, 11) is 1.61. The van der Waals surface area contributed by atoms with Crippen LogP contribution >= 0.6 is 15.9 Å². The third kappa shape index (κ3) is 3.49. The van der Waals surface area contributed by atoms with Crippen molar-refractivity contribution in [2.75, 3.05) is 7.11 Å². The Balaban J connectivity index is 2.15. The van der Waals surface area contributed by atoms with Crippen LogP contribution in [0.2, 0.25) is 0 Å². The van der Waals surface area contributed by atoms with Crippen LogP contribution in [0.25, 0.3) is 0 Å². The summed E-state index contributed by atoms with van der Waals surface area (Å²) < 4.78 is 24.5. The van der Waals surface area contributed by atoms with Gasteiger partial charge in [-0.1, -0.05) is 6.07 Å². The first-order valence-electron chi connectivity index (χ1n) is 6.07. The van der Waals surface area contributed by atoms with E-state index in [0.717, 1.165) is 16.9 Å². The number of methoxy groups -OCH3 is 1. The van der Waals surface area contributed by atoms with Crippen molar-refractivity contribution >= 4 is 15.9 Å². The first kappa shape index (κ1) is 14.8. The maximum Gasteiger partial charge on any atom is 0.137 e. The van der Waals surface area contributed by atoms with E-state index in [4.69, 9.17) is 15.2 Å². The largest absolute Gasteiger partial charge is 0.496 e. The zero-order valence-corrected chi connectivity index (χ0v) is 12.6. The summed E-state index contributed by atoms with van der Waals surface area (Å²) in [5, 5.41) is 0. The number of halogens is 2. The lowest BCUT2D eigenvalue weighted by Gasteiger charge is -2.12. The van der Waals surface area contributed by atoms with Crippen LogP contribution in [0.1, 0.15) is 11.1 Å². The Hall–Kier alpha value is -1.59. The molecule has 0 saturated heterocycles. The normalized spacial score (nSPS) is 10.4. The van der Waals surface area contributed by atoms with Gasteiger partial charge in [0.1, 0.15) is 23.9 Å². The molecule has 2 aromatic rings. The van der Waals surface area contributed by atoms with Gasteiger partial charge in [-0.25, -0.2) is 4.39 Å². The Morgan fingerprint density at radius 2 is 2.00 bits per heavy atom. The zero-order valence-electron chi connectivity index (χ0n) is 11.0. The Morgan fingerprint density at radius 3 is 2.65 bits per heavy atom. The molecule has 3 nitrogen and oxygen atoms in total. The molecule has 2 N–H and O–H groups in total. The smallest absolute Gasteiger partial charge is 0.137 e. The van der Waals surface area contributed by atoms with Gasteiger partial charge < -0.3 is 15.2 Å². The molecule has 0 aromatic heterocycles. The lowest BCUT2D eigenvalue weighted by Crippen LogP contribution is -2.02. The highest BCUT2D eigenvalue weighted by Crippen LogP contribution is 2.25. The van der Waals surface area contributed by atoms with E-state index in [2.05, 4.69) is 15.9 Å². The number of hydrogen-bond donors (Lipinski definition) is 1. The summed E-state index contributed by atoms with van der Waals surface area (Å²) in [6, 6.07) is 10.2. The standard InChI is InChI=1S/C15H15BrFNO2/c1-19-15-5-2-10(8-18)6-11(15)9-20-12-3-4-14(17)13(16)7-12/h2-7H,8-9,18H2,1H3. The molecule has 0 fully saturated rings. The van der Waals surface area contributed by atoms with Gasteiger partial charge in [0, 0.05) is 12.1 Å². The van der Waals surface area contributed by atoms with Crippen LogP contribution in [0.4, 0.5) is 4.39 Å². The fraction of sp³-hybridized carbons (Fsp3) is 0.200. The highest BCUT2D eigenvalue weighted by molar-refractivity contribution is 9.10. The summed E-state index contributed by atoms with van der Waals surface area (Å²) in [5.41, 5.74) is 7.53. The predicted octanol–water partition coefficient (Wildman–Crippen LogP) is 3.63. The minimum Gasteiger partial charge on any atom is -0.496 e. The van der Waals surface area contributed by atoms with Crippen molar-refractivity contribution in [3.8, 4) is 11.5 Å². The Kier molecular flexibility index (Phi) is 4.98. The van der Waals surface area contributed by atoms with Crippen LogP contribution in [-0.4, -0.2) is 7.11 Å². The minimum atomic E-state index is -0.319. The SMILES string of the molecule is COc1ccc(CN)cc1COc1ccc(F)c(Br)c1. The van der Waals surface area contributed by atoms with Crippen LogP contribution in [0.15, 0.2) is 40.9 Å². The van der Waals surface area contributed by atoms with Gasteiger partial charge in [0.05, 0.1) is 11.6 Å². The molecular formula is C15H15BrFNO2. The molecule has 2 rings (SSSR count). The quantitative estimate of drug-likeness (QED) is 0.904. The molecule has 0 atom stereocenters. The van der Waals surface area contributed by atoms with E-state index in [1.807, 2.05) is 18.2 Å². The van der Waals surface area contributed by atoms with Crippen molar-refractivity contribution in [1.82, 2.24) is 0 Å². The lowest BCUT2D eigenvalue weighted by atomic mass is 10.1. The van der Waals surface area contributed by atoms with Gasteiger partial charge in [-0.3, -0.25) is 0 Å². The average molecular weight is 340 g/mol. The molecule has 0 radical (unpaired) electrons. The molecule has 0 aliphatic heterocycles. The van der Waals surface area contributed by atoms with E-state index in [0.29, 0.717) is 23.4 Å². The van der Waals surface area contributed by atoms with Crippen molar-refractivity contribution in [2.24, 2.45) is 5.73 Å². The molecule has 0 unspecified atom stereocenters. The Labute approximate surface area is 125 Å². The molecule has 20 heavy (non-hydrogen) atoms. The fourth-order valence-electron chi connectivity index (χ4n) is 1.80. The topological polar surface area (TPSA) is 44.5 Å². The molecule has 0 aliphatic carbocycles. The third-order valence-corrected chi connectivity index (χ3v) is 3.47. The van der Waals surface area contributed by atoms with Gasteiger partial charge in [0.2, 0.25) is 0 Å². The summed E-state index contributed by atoms with van der Waals surface area (Å²) in [5.74, 6) is 1.00. The van der Waals surface area contributed by atoms with Crippen LogP contribution in [0.5, 0.6) is 11.5 Å². The highest BCUT2D eigenvalue weighted by Gasteiger charge is 2.06. The van der Waals surface area contributed by atoms with Crippen molar-refractivity contribution < 1.29 is 13.9 Å². The van der Waals surface area contributed by atoms with Gasteiger partial charge in [0.15, 0.2) is 0 Å². The molecule has 0 spiro atoms. The summed E-state index contributed by atoms with van der Waals surface area (Å²) >= 11 is 3.13. The van der Waals surface area contributed by atoms with Crippen molar-refractivity contribution in [3.05, 3.63) is 57.8 Å². The van der Waals surface area contributed by atoms with E-state index in [-0.39, 0.29) is 5.82 Å². The molecule has 106 valence electrons. The molecule has 0 aliphatic rings. The number of nitrogens with two attached hydrogens (primary N) is 1. The van der Waals surface area contributed by atoms with Gasteiger partial charge in [-0.2, -0.15) is 0 Å². The maximum atomic E-state index is 13.1. The van der Waals surface area contributed by atoms with Gasteiger partial charge in [-0.15, -0.1) is 0 Å². The summed E-state index contributed by atoms with van der Waals surface area (Å²) in [6.07, 6.45) is 0. The molecule has 0 amide bonds. The zero-order chi connectivity index (χ0) is 14.5. The molecule has 0 heterocycles. The molecule has 0 saturated carbocycles. The third-order valence-electron chi connectivity index (χ3n) is 2.87. The number of ether oxygens (including phenoxy) is 2. The first-order valence-corrected chi connectivity index (χ1v) is 6.87. The minimum absolute atomic E-state index is 0.319.